The summed E-state index contributed by atoms with van der Waals surface area (Å²) in [6.45, 7) is 0. The van der Waals surface area contributed by atoms with Crippen LogP contribution in [0.3, 0.4) is 0 Å². The van der Waals surface area contributed by atoms with Crippen LogP contribution < -0.4 is 0 Å². The van der Waals surface area contributed by atoms with Crippen LogP contribution in [0.1, 0.15) is 0 Å². The molecule has 2 nitrogen and oxygen atoms in total. The van der Waals surface area contributed by atoms with Crippen LogP contribution in [0.5, 0.6) is 0 Å². The van der Waals surface area contributed by atoms with Gasteiger partial charge in [0.15, 0.2) is 0 Å². The van der Waals surface area contributed by atoms with Crippen LogP contribution >= 0.6 is 0 Å². The standard InChI is InChI=1S/C20H12N2Se2/c1-3-7-17-15(5-1)21-19(23-17)13-9-11-14(12-10-13)20-22-16-6-2-4-8-18(16)24-20/h1-12H. The Morgan fingerprint density at radius 2 is 0.917 bits per heavy atom. The number of para-hydroxylation sites is 2. The fourth-order valence-corrected chi connectivity index (χ4v) is 6.82. The monoisotopic (exact) mass is 440 g/mol. The van der Waals surface area contributed by atoms with Crippen molar-refractivity contribution < 1.29 is 0 Å². The first-order chi connectivity index (χ1) is 11.9. The van der Waals surface area contributed by atoms with Crippen LogP contribution in [0.15, 0.2) is 72.8 Å². The van der Waals surface area contributed by atoms with Crippen molar-refractivity contribution >= 4 is 48.6 Å². The minimum absolute atomic E-state index is 0.309. The van der Waals surface area contributed by atoms with Crippen molar-refractivity contribution in [2.24, 2.45) is 0 Å². The Labute approximate surface area is 151 Å². The van der Waals surface area contributed by atoms with Gasteiger partial charge in [-0.2, -0.15) is 0 Å². The predicted molar refractivity (Wildman–Crippen MR) is 102 cm³/mol. The summed E-state index contributed by atoms with van der Waals surface area (Å²) in [7, 11) is 0. The van der Waals surface area contributed by atoms with E-state index in [9.17, 15) is 0 Å². The maximum atomic E-state index is 4.80. The Bertz CT molecular complexity index is 994. The summed E-state index contributed by atoms with van der Waals surface area (Å²) in [5.74, 6) is 0. The molecule has 0 amide bonds. The van der Waals surface area contributed by atoms with Crippen molar-refractivity contribution in [2.75, 3.05) is 0 Å². The van der Waals surface area contributed by atoms with Gasteiger partial charge in [0.2, 0.25) is 0 Å². The van der Waals surface area contributed by atoms with Gasteiger partial charge in [-0.25, -0.2) is 0 Å². The third kappa shape index (κ3) is 2.49. The van der Waals surface area contributed by atoms with Gasteiger partial charge in [0.1, 0.15) is 0 Å². The Hall–Kier alpha value is -1.96. The summed E-state index contributed by atoms with van der Waals surface area (Å²) in [6, 6.07) is 25.7. The zero-order valence-electron chi connectivity index (χ0n) is 12.6. The Kier molecular flexibility index (Phi) is 3.50. The first-order valence-electron chi connectivity index (χ1n) is 7.69. The summed E-state index contributed by atoms with van der Waals surface area (Å²) >= 11 is 0.617. The number of rotatable bonds is 2. The van der Waals surface area contributed by atoms with Crippen LogP contribution in [0, 0.1) is 0 Å². The van der Waals surface area contributed by atoms with E-state index in [0.717, 1.165) is 11.0 Å². The van der Waals surface area contributed by atoms with Crippen LogP contribution in [0.2, 0.25) is 0 Å². The second-order valence-electron chi connectivity index (χ2n) is 5.55. The number of hydrogen-bond acceptors (Lipinski definition) is 2. The molecule has 0 aliphatic carbocycles. The zero-order valence-corrected chi connectivity index (χ0v) is 16.1. The van der Waals surface area contributed by atoms with Crippen molar-refractivity contribution in [3.05, 3.63) is 72.8 Å². The molecular weight excluding hydrogens is 426 g/mol. The molecule has 4 heteroatoms. The molecule has 2 heterocycles. The van der Waals surface area contributed by atoms with E-state index >= 15 is 0 Å². The second kappa shape index (κ2) is 5.84. The van der Waals surface area contributed by atoms with E-state index in [1.54, 1.807) is 0 Å². The average molecular weight is 438 g/mol. The second-order valence-corrected chi connectivity index (χ2v) is 9.88. The molecule has 2 aromatic heterocycles. The molecule has 0 bridgehead atoms. The van der Waals surface area contributed by atoms with Gasteiger partial charge in [-0.05, 0) is 0 Å². The molecule has 0 N–H and O–H groups in total. The molecule has 5 aromatic rings. The van der Waals surface area contributed by atoms with Gasteiger partial charge < -0.3 is 0 Å². The molecule has 0 aliphatic rings. The van der Waals surface area contributed by atoms with Gasteiger partial charge in [-0.15, -0.1) is 0 Å². The van der Waals surface area contributed by atoms with Crippen LogP contribution in [-0.2, 0) is 0 Å². The van der Waals surface area contributed by atoms with Crippen LogP contribution in [-0.4, -0.2) is 39.0 Å². The first kappa shape index (κ1) is 14.4. The van der Waals surface area contributed by atoms with Crippen molar-refractivity contribution in [1.82, 2.24) is 9.97 Å². The Morgan fingerprint density at radius 3 is 1.33 bits per heavy atom. The molecule has 24 heavy (non-hydrogen) atoms. The molecule has 0 radical (unpaired) electrons. The fourth-order valence-electron chi connectivity index (χ4n) is 2.75. The number of hydrogen-bond donors (Lipinski definition) is 0. The fraction of sp³-hybridized carbons (Fsp3) is 0. The van der Waals surface area contributed by atoms with E-state index in [4.69, 9.17) is 9.97 Å². The van der Waals surface area contributed by atoms with Gasteiger partial charge in [0.25, 0.3) is 0 Å². The van der Waals surface area contributed by atoms with E-state index in [-0.39, 0.29) is 0 Å². The first-order valence-corrected chi connectivity index (χ1v) is 11.1. The van der Waals surface area contributed by atoms with Gasteiger partial charge in [-0.1, -0.05) is 0 Å². The molecule has 3 aromatic carbocycles. The summed E-state index contributed by atoms with van der Waals surface area (Å²) in [5.41, 5.74) is 4.74. The topological polar surface area (TPSA) is 25.8 Å². The van der Waals surface area contributed by atoms with E-state index in [2.05, 4.69) is 72.8 Å². The summed E-state index contributed by atoms with van der Waals surface area (Å²) in [5, 5.41) is 0. The summed E-state index contributed by atoms with van der Waals surface area (Å²) in [4.78, 5) is 9.60. The third-order valence-electron chi connectivity index (χ3n) is 3.97. The molecular formula is C20H12N2Se2. The third-order valence-corrected chi connectivity index (χ3v) is 8.52. The summed E-state index contributed by atoms with van der Waals surface area (Å²) < 4.78 is 5.20. The minimum atomic E-state index is 0.309. The van der Waals surface area contributed by atoms with E-state index in [1.807, 2.05) is 0 Å². The van der Waals surface area contributed by atoms with Crippen molar-refractivity contribution in [3.63, 3.8) is 0 Å². The maximum absolute atomic E-state index is 4.80. The van der Waals surface area contributed by atoms with Gasteiger partial charge in [0, 0.05) is 0 Å². The van der Waals surface area contributed by atoms with E-state index in [0.29, 0.717) is 29.0 Å². The zero-order chi connectivity index (χ0) is 15.9. The van der Waals surface area contributed by atoms with Gasteiger partial charge in [-0.3, -0.25) is 0 Å². The summed E-state index contributed by atoms with van der Waals surface area (Å²) in [6.07, 6.45) is 0. The number of aromatic nitrogens is 2. The quantitative estimate of drug-likeness (QED) is 0.386. The van der Waals surface area contributed by atoms with Crippen LogP contribution in [0.4, 0.5) is 0 Å². The molecule has 0 saturated heterocycles. The van der Waals surface area contributed by atoms with Crippen molar-refractivity contribution in [2.45, 2.75) is 0 Å². The van der Waals surface area contributed by atoms with E-state index < -0.39 is 0 Å². The molecule has 5 rings (SSSR count). The van der Waals surface area contributed by atoms with Crippen molar-refractivity contribution in [3.8, 4) is 20.3 Å². The average Bonchev–Trinajstić information content (AvgIpc) is 3.25. The molecule has 0 saturated carbocycles. The molecule has 0 aliphatic heterocycles. The predicted octanol–water partition coefficient (Wildman–Crippen LogP) is 4.23. The molecule has 0 spiro atoms. The van der Waals surface area contributed by atoms with Crippen molar-refractivity contribution in [1.29, 1.82) is 0 Å². The van der Waals surface area contributed by atoms with Gasteiger partial charge >= 0.3 is 152 Å². The Balaban J connectivity index is 1.54. The number of benzene rings is 3. The SMILES string of the molecule is c1ccc2[se]c(-c3ccc(-c4nc5ccccc5[se]4)cc3)nc2c1. The van der Waals surface area contributed by atoms with E-state index in [1.165, 1.54) is 28.8 Å². The normalized spacial score (nSPS) is 11.3. The molecule has 0 fully saturated rings. The number of fused-ring (bicyclic) bond motifs is 2. The molecule has 114 valence electrons. The van der Waals surface area contributed by atoms with Crippen LogP contribution in [0.25, 0.3) is 39.8 Å². The number of nitrogens with zero attached hydrogens (tertiary/aromatic N) is 2. The Morgan fingerprint density at radius 1 is 0.500 bits per heavy atom. The van der Waals surface area contributed by atoms with Gasteiger partial charge in [0.05, 0.1) is 0 Å². The molecule has 0 atom stereocenters. The molecule has 0 unspecified atom stereocenters.